The Labute approximate surface area is 95.9 Å². The number of hydrogen-bond acceptors (Lipinski definition) is 5. The number of hydrogen-bond donors (Lipinski definition) is 1. The van der Waals surface area contributed by atoms with Crippen molar-refractivity contribution in [3.05, 3.63) is 21.4 Å². The van der Waals surface area contributed by atoms with E-state index < -0.39 is 0 Å². The fraction of sp³-hybridized carbons (Fsp3) is 0.375. The van der Waals surface area contributed by atoms with E-state index in [4.69, 9.17) is 17.3 Å². The van der Waals surface area contributed by atoms with Crippen LogP contribution in [0.1, 0.15) is 16.4 Å². The van der Waals surface area contributed by atoms with Gasteiger partial charge in [0.15, 0.2) is 0 Å². The molecule has 0 amide bonds. The molecule has 0 aromatic carbocycles. The van der Waals surface area contributed by atoms with Crippen LogP contribution in [-0.2, 0) is 6.54 Å². The van der Waals surface area contributed by atoms with Crippen LogP contribution < -0.4 is 5.73 Å². The zero-order valence-corrected chi connectivity index (χ0v) is 9.93. The molecule has 0 unspecified atom stereocenters. The minimum atomic E-state index is 0.394. The molecular formula is C8H10ClN5S. The summed E-state index contributed by atoms with van der Waals surface area (Å²) in [6.45, 7) is 4.15. The maximum absolute atomic E-state index is 6.04. The fourth-order valence-electron chi connectivity index (χ4n) is 1.22. The summed E-state index contributed by atoms with van der Waals surface area (Å²) in [5.41, 5.74) is 7.13. The Kier molecular flexibility index (Phi) is 2.72. The summed E-state index contributed by atoms with van der Waals surface area (Å²) in [7, 11) is 0. The van der Waals surface area contributed by atoms with Crippen molar-refractivity contribution in [3.63, 3.8) is 0 Å². The van der Waals surface area contributed by atoms with Gasteiger partial charge in [-0.25, -0.2) is 4.68 Å². The van der Waals surface area contributed by atoms with Gasteiger partial charge in [0.25, 0.3) is 0 Å². The summed E-state index contributed by atoms with van der Waals surface area (Å²) in [5.74, 6) is 0. The highest BCUT2D eigenvalue weighted by Crippen LogP contribution is 2.23. The van der Waals surface area contributed by atoms with Crippen LogP contribution in [0.25, 0.3) is 5.13 Å². The van der Waals surface area contributed by atoms with Crippen molar-refractivity contribution < 1.29 is 0 Å². The molecule has 0 aliphatic rings. The van der Waals surface area contributed by atoms with Gasteiger partial charge in [-0.1, -0.05) is 22.9 Å². The van der Waals surface area contributed by atoms with Crippen molar-refractivity contribution in [3.8, 4) is 5.13 Å². The lowest BCUT2D eigenvalue weighted by Crippen LogP contribution is -1.98. The fourth-order valence-corrected chi connectivity index (χ4v) is 2.06. The lowest BCUT2D eigenvalue weighted by Gasteiger charge is -1.96. The van der Waals surface area contributed by atoms with E-state index in [0.29, 0.717) is 16.7 Å². The van der Waals surface area contributed by atoms with Crippen LogP contribution in [0.2, 0.25) is 5.02 Å². The van der Waals surface area contributed by atoms with E-state index in [2.05, 4.69) is 15.3 Å². The zero-order chi connectivity index (χ0) is 11.0. The number of rotatable bonds is 2. The highest BCUT2D eigenvalue weighted by atomic mass is 35.5. The third kappa shape index (κ3) is 1.75. The van der Waals surface area contributed by atoms with Gasteiger partial charge in [-0.15, -0.1) is 10.2 Å². The third-order valence-corrected chi connectivity index (χ3v) is 3.48. The molecule has 7 heteroatoms. The zero-order valence-electron chi connectivity index (χ0n) is 8.36. The van der Waals surface area contributed by atoms with Gasteiger partial charge in [0, 0.05) is 6.54 Å². The van der Waals surface area contributed by atoms with Gasteiger partial charge >= 0.3 is 0 Å². The lowest BCUT2D eigenvalue weighted by atomic mass is 10.4. The van der Waals surface area contributed by atoms with Crippen molar-refractivity contribution >= 4 is 22.9 Å². The molecule has 0 saturated heterocycles. The first-order valence-electron chi connectivity index (χ1n) is 4.38. The molecule has 0 aliphatic carbocycles. The van der Waals surface area contributed by atoms with Crippen LogP contribution >= 0.6 is 22.9 Å². The molecule has 0 saturated carbocycles. The molecule has 0 radical (unpaired) electrons. The Morgan fingerprint density at radius 2 is 2.13 bits per heavy atom. The topological polar surface area (TPSA) is 69.6 Å². The van der Waals surface area contributed by atoms with Gasteiger partial charge in [-0.05, 0) is 13.8 Å². The molecule has 2 N–H and O–H groups in total. The number of aryl methyl sites for hydroxylation is 1. The van der Waals surface area contributed by atoms with Crippen LogP contribution in [-0.4, -0.2) is 20.0 Å². The van der Waals surface area contributed by atoms with Crippen LogP contribution in [0.15, 0.2) is 0 Å². The number of nitrogens with two attached hydrogens (primary N) is 1. The second-order valence-electron chi connectivity index (χ2n) is 3.08. The van der Waals surface area contributed by atoms with E-state index in [-0.39, 0.29) is 0 Å². The molecule has 0 atom stereocenters. The molecule has 0 aliphatic heterocycles. The monoisotopic (exact) mass is 243 g/mol. The predicted octanol–water partition coefficient (Wildman–Crippen LogP) is 1.45. The molecule has 15 heavy (non-hydrogen) atoms. The van der Waals surface area contributed by atoms with Crippen molar-refractivity contribution in [2.24, 2.45) is 5.73 Å². The molecule has 0 fully saturated rings. The minimum absolute atomic E-state index is 0.394. The summed E-state index contributed by atoms with van der Waals surface area (Å²) in [6.07, 6.45) is 0. The number of nitrogens with zero attached hydrogens (tertiary/aromatic N) is 4. The molecule has 2 heterocycles. The van der Waals surface area contributed by atoms with E-state index in [9.17, 15) is 0 Å². The molecule has 5 nitrogen and oxygen atoms in total. The van der Waals surface area contributed by atoms with Gasteiger partial charge in [-0.2, -0.15) is 5.10 Å². The first-order valence-corrected chi connectivity index (χ1v) is 5.57. The van der Waals surface area contributed by atoms with E-state index >= 15 is 0 Å². The SMILES string of the molecule is Cc1nn(-c2nnc(CN)s2)c(C)c1Cl. The van der Waals surface area contributed by atoms with Gasteiger partial charge in [0.2, 0.25) is 5.13 Å². The largest absolute Gasteiger partial charge is 0.324 e. The summed E-state index contributed by atoms with van der Waals surface area (Å²) in [4.78, 5) is 0. The van der Waals surface area contributed by atoms with Gasteiger partial charge in [-0.3, -0.25) is 0 Å². The summed E-state index contributed by atoms with van der Waals surface area (Å²) in [5, 5.41) is 14.4. The van der Waals surface area contributed by atoms with Crippen molar-refractivity contribution in [2.75, 3.05) is 0 Å². The Bertz CT molecular complexity index is 489. The quantitative estimate of drug-likeness (QED) is 0.867. The Balaban J connectivity index is 2.49. The maximum atomic E-state index is 6.04. The van der Waals surface area contributed by atoms with E-state index in [1.165, 1.54) is 11.3 Å². The Morgan fingerprint density at radius 3 is 2.60 bits per heavy atom. The van der Waals surface area contributed by atoms with Gasteiger partial charge in [0.1, 0.15) is 5.01 Å². The van der Waals surface area contributed by atoms with E-state index in [1.807, 2.05) is 13.8 Å². The Morgan fingerprint density at radius 1 is 1.40 bits per heavy atom. The first kappa shape index (κ1) is 10.5. The van der Waals surface area contributed by atoms with Gasteiger partial charge < -0.3 is 5.73 Å². The second-order valence-corrected chi connectivity index (χ2v) is 4.50. The van der Waals surface area contributed by atoms with Crippen LogP contribution in [0.4, 0.5) is 0 Å². The second kappa shape index (κ2) is 3.88. The highest BCUT2D eigenvalue weighted by molar-refractivity contribution is 7.13. The smallest absolute Gasteiger partial charge is 0.233 e. The molecule has 2 rings (SSSR count). The maximum Gasteiger partial charge on any atom is 0.233 e. The normalized spacial score (nSPS) is 10.9. The molecule has 2 aromatic heterocycles. The van der Waals surface area contributed by atoms with Crippen LogP contribution in [0.3, 0.4) is 0 Å². The molecule has 80 valence electrons. The molecule has 0 spiro atoms. The lowest BCUT2D eigenvalue weighted by molar-refractivity contribution is 0.804. The van der Waals surface area contributed by atoms with Crippen molar-refractivity contribution in [1.29, 1.82) is 0 Å². The average Bonchev–Trinajstić information content (AvgIpc) is 2.79. The predicted molar refractivity (Wildman–Crippen MR) is 59.4 cm³/mol. The molecule has 0 bridgehead atoms. The summed E-state index contributed by atoms with van der Waals surface area (Å²) >= 11 is 7.45. The summed E-state index contributed by atoms with van der Waals surface area (Å²) < 4.78 is 1.69. The van der Waals surface area contributed by atoms with Crippen LogP contribution in [0, 0.1) is 13.8 Å². The Hall–Kier alpha value is -0.980. The summed E-state index contributed by atoms with van der Waals surface area (Å²) in [6, 6.07) is 0. The van der Waals surface area contributed by atoms with Gasteiger partial charge in [0.05, 0.1) is 16.4 Å². The molecular weight excluding hydrogens is 234 g/mol. The standard InChI is InChI=1S/C8H10ClN5S/c1-4-7(9)5(2)14(13-4)8-12-11-6(3-10)15-8/h3,10H2,1-2H3. The molecule has 2 aromatic rings. The third-order valence-electron chi connectivity index (χ3n) is 2.01. The average molecular weight is 244 g/mol. The number of aromatic nitrogens is 4. The van der Waals surface area contributed by atoms with Crippen molar-refractivity contribution in [1.82, 2.24) is 20.0 Å². The first-order chi connectivity index (χ1) is 7.13. The van der Waals surface area contributed by atoms with E-state index in [1.54, 1.807) is 4.68 Å². The van der Waals surface area contributed by atoms with Crippen molar-refractivity contribution in [2.45, 2.75) is 20.4 Å². The minimum Gasteiger partial charge on any atom is -0.324 e. The van der Waals surface area contributed by atoms with E-state index in [0.717, 1.165) is 16.4 Å². The number of halogens is 1. The van der Waals surface area contributed by atoms with Crippen LogP contribution in [0.5, 0.6) is 0 Å². The highest BCUT2D eigenvalue weighted by Gasteiger charge is 2.13.